The zero-order valence-corrected chi connectivity index (χ0v) is 22.3. The second-order valence-electron chi connectivity index (χ2n) is 13.3. The van der Waals surface area contributed by atoms with Crippen LogP contribution in [0.3, 0.4) is 0 Å². The molecule has 4 bridgehead atoms. The molecule has 0 saturated heterocycles. The molecular weight excluding hydrogens is 432 g/mol. The molecule has 4 nitrogen and oxygen atoms in total. The number of rotatable bonds is 7. The van der Waals surface area contributed by atoms with E-state index >= 15 is 0 Å². The van der Waals surface area contributed by atoms with Gasteiger partial charge >= 0.3 is 0 Å². The Morgan fingerprint density at radius 1 is 0.943 bits per heavy atom. The van der Waals surface area contributed by atoms with Crippen LogP contribution in [0, 0.1) is 35.5 Å². The van der Waals surface area contributed by atoms with Gasteiger partial charge in [-0.2, -0.15) is 0 Å². The van der Waals surface area contributed by atoms with Crippen molar-refractivity contribution in [3.8, 4) is 0 Å². The minimum absolute atomic E-state index is 0.0248. The summed E-state index contributed by atoms with van der Waals surface area (Å²) >= 11 is 0. The first-order valence-electron chi connectivity index (χ1n) is 14.4. The molecule has 4 atom stereocenters. The number of carbonyl (C=O) groups excluding carboxylic acids is 2. The molecule has 1 aromatic rings. The van der Waals surface area contributed by atoms with E-state index in [1.807, 2.05) is 12.1 Å². The van der Waals surface area contributed by atoms with Crippen LogP contribution >= 0.6 is 0 Å². The summed E-state index contributed by atoms with van der Waals surface area (Å²) in [5.74, 6) is 4.00. The molecule has 5 fully saturated rings. The van der Waals surface area contributed by atoms with Gasteiger partial charge < -0.3 is 10.6 Å². The number of nitrogens with one attached hydrogen (secondary N) is 2. The van der Waals surface area contributed by atoms with Crippen LogP contribution in [-0.4, -0.2) is 23.9 Å². The highest BCUT2D eigenvalue weighted by molar-refractivity contribution is 5.97. The minimum Gasteiger partial charge on any atom is -0.351 e. The topological polar surface area (TPSA) is 58.2 Å². The molecule has 6 rings (SSSR count). The van der Waals surface area contributed by atoms with E-state index in [4.69, 9.17) is 0 Å². The Balaban J connectivity index is 1.25. The Labute approximate surface area is 212 Å². The van der Waals surface area contributed by atoms with E-state index in [-0.39, 0.29) is 17.9 Å². The van der Waals surface area contributed by atoms with Gasteiger partial charge in [0.05, 0.1) is 0 Å². The Morgan fingerprint density at radius 3 is 2.11 bits per heavy atom. The summed E-state index contributed by atoms with van der Waals surface area (Å²) in [6.07, 6.45) is 12.4. The van der Waals surface area contributed by atoms with Gasteiger partial charge in [-0.05, 0) is 110 Å². The maximum absolute atomic E-state index is 13.3. The molecule has 0 aliphatic heterocycles. The highest BCUT2D eigenvalue weighted by Gasteiger charge is 2.51. The van der Waals surface area contributed by atoms with Gasteiger partial charge in [-0.3, -0.25) is 9.59 Å². The smallest absolute Gasteiger partial charge is 0.251 e. The van der Waals surface area contributed by atoms with Crippen molar-refractivity contribution in [1.29, 1.82) is 0 Å². The van der Waals surface area contributed by atoms with Crippen molar-refractivity contribution in [2.75, 3.05) is 0 Å². The summed E-state index contributed by atoms with van der Waals surface area (Å²) in [5, 5.41) is 6.38. The normalized spacial score (nSPS) is 36.7. The van der Waals surface area contributed by atoms with E-state index < -0.39 is 6.04 Å². The molecule has 1 aromatic carbocycles. The number of carbonyl (C=O) groups is 2. The van der Waals surface area contributed by atoms with Crippen LogP contribution in [0.1, 0.15) is 108 Å². The Morgan fingerprint density at radius 2 is 1.54 bits per heavy atom. The van der Waals surface area contributed by atoms with Gasteiger partial charge in [-0.25, -0.2) is 0 Å². The molecule has 0 radical (unpaired) electrons. The predicted octanol–water partition coefficient (Wildman–Crippen LogP) is 6.24. The fourth-order valence-electron chi connectivity index (χ4n) is 8.45. The molecule has 192 valence electrons. The molecule has 35 heavy (non-hydrogen) atoms. The Bertz CT molecular complexity index is 885. The molecule has 2 N–H and O–H groups in total. The maximum Gasteiger partial charge on any atom is 0.251 e. The molecule has 5 aliphatic carbocycles. The van der Waals surface area contributed by atoms with Gasteiger partial charge in [-0.15, -0.1) is 0 Å². The summed E-state index contributed by atoms with van der Waals surface area (Å²) < 4.78 is 0. The van der Waals surface area contributed by atoms with Crippen molar-refractivity contribution in [3.63, 3.8) is 0 Å². The van der Waals surface area contributed by atoms with Crippen LogP contribution in [0.15, 0.2) is 24.3 Å². The third kappa shape index (κ3) is 5.18. The van der Waals surface area contributed by atoms with Crippen molar-refractivity contribution < 1.29 is 9.59 Å². The molecule has 4 heteroatoms. The van der Waals surface area contributed by atoms with E-state index in [9.17, 15) is 9.59 Å². The summed E-state index contributed by atoms with van der Waals surface area (Å²) in [7, 11) is 0. The van der Waals surface area contributed by atoms with Crippen LogP contribution in [0.25, 0.3) is 0 Å². The zero-order chi connectivity index (χ0) is 24.7. The lowest BCUT2D eigenvalue weighted by Crippen LogP contribution is -2.52. The average molecular weight is 479 g/mol. The monoisotopic (exact) mass is 478 g/mol. The first-order chi connectivity index (χ1) is 16.7. The lowest BCUT2D eigenvalue weighted by Gasteiger charge is -2.57. The molecular formula is C31H46N2O2. The second kappa shape index (κ2) is 9.90. The van der Waals surface area contributed by atoms with E-state index in [1.165, 1.54) is 50.5 Å². The molecule has 0 spiro atoms. The van der Waals surface area contributed by atoms with Crippen LogP contribution < -0.4 is 10.6 Å². The quantitative estimate of drug-likeness (QED) is 0.487. The minimum atomic E-state index is -0.491. The first-order valence-corrected chi connectivity index (χ1v) is 14.4. The highest BCUT2D eigenvalue weighted by Crippen LogP contribution is 2.60. The van der Waals surface area contributed by atoms with Crippen LogP contribution in [0.5, 0.6) is 0 Å². The third-order valence-corrected chi connectivity index (χ3v) is 10.2. The number of hydrogen-bond acceptors (Lipinski definition) is 2. The number of hydrogen-bond donors (Lipinski definition) is 2. The molecule has 0 aromatic heterocycles. The number of amides is 2. The fraction of sp³-hybridized carbons (Fsp3) is 0.742. The van der Waals surface area contributed by atoms with Crippen molar-refractivity contribution in [3.05, 3.63) is 35.4 Å². The standard InChI is InChI=1S/C31H46N2O2/c1-19(2)12-28(30(35)32-27-7-5-6-20(3)21(27)4)33-29(34)25-8-10-26(11-9-25)31-16-22-13-23(17-31)15-24(14-22)18-31/h8-11,19-24,27-28H,5-7,12-18H2,1-4H3,(H,32,35)(H,33,34)/t20-,21-,22?,23?,24?,27+,28-,31?/m0/s1. The SMILES string of the molecule is CC(C)C[C@H](NC(=O)c1ccc(C23CC4CC(CC(C4)C2)C3)cc1)C(=O)N[C@@H]1CCC[C@H](C)[C@@H]1C. The molecule has 0 heterocycles. The van der Waals surface area contributed by atoms with Gasteiger partial charge in [0.2, 0.25) is 5.91 Å². The molecule has 5 aliphatic rings. The van der Waals surface area contributed by atoms with Gasteiger partial charge in [-0.1, -0.05) is 52.7 Å². The lowest BCUT2D eigenvalue weighted by atomic mass is 9.48. The largest absolute Gasteiger partial charge is 0.351 e. The zero-order valence-electron chi connectivity index (χ0n) is 22.3. The maximum atomic E-state index is 13.3. The Hall–Kier alpha value is -1.84. The average Bonchev–Trinajstić information content (AvgIpc) is 2.80. The summed E-state index contributed by atoms with van der Waals surface area (Å²) in [6, 6.07) is 8.14. The lowest BCUT2D eigenvalue weighted by molar-refractivity contribution is -0.124. The van der Waals surface area contributed by atoms with Crippen molar-refractivity contribution in [2.24, 2.45) is 35.5 Å². The third-order valence-electron chi connectivity index (χ3n) is 10.2. The molecule has 2 amide bonds. The van der Waals surface area contributed by atoms with Gasteiger partial charge in [0.25, 0.3) is 5.91 Å². The van der Waals surface area contributed by atoms with Crippen LogP contribution in [-0.2, 0) is 10.2 Å². The summed E-state index contributed by atoms with van der Waals surface area (Å²) in [5.41, 5.74) is 2.45. The predicted molar refractivity (Wildman–Crippen MR) is 141 cm³/mol. The fourth-order valence-corrected chi connectivity index (χ4v) is 8.45. The summed E-state index contributed by atoms with van der Waals surface area (Å²) in [6.45, 7) is 8.75. The van der Waals surface area contributed by atoms with E-state index in [1.54, 1.807) is 0 Å². The van der Waals surface area contributed by atoms with Crippen LogP contribution in [0.4, 0.5) is 0 Å². The first kappa shape index (κ1) is 24.8. The van der Waals surface area contributed by atoms with Crippen molar-refractivity contribution in [2.45, 2.75) is 109 Å². The molecule has 5 saturated carbocycles. The van der Waals surface area contributed by atoms with Crippen LogP contribution in [0.2, 0.25) is 0 Å². The Kier molecular flexibility index (Phi) is 7.03. The van der Waals surface area contributed by atoms with Crippen molar-refractivity contribution in [1.82, 2.24) is 10.6 Å². The van der Waals surface area contributed by atoms with E-state index in [0.29, 0.717) is 35.2 Å². The summed E-state index contributed by atoms with van der Waals surface area (Å²) in [4.78, 5) is 26.5. The van der Waals surface area contributed by atoms with Gasteiger partial charge in [0.15, 0.2) is 0 Å². The number of benzene rings is 1. The molecule has 0 unspecified atom stereocenters. The highest BCUT2D eigenvalue weighted by atomic mass is 16.2. The van der Waals surface area contributed by atoms with Gasteiger partial charge in [0.1, 0.15) is 6.04 Å². The van der Waals surface area contributed by atoms with E-state index in [2.05, 4.69) is 50.5 Å². The van der Waals surface area contributed by atoms with E-state index in [0.717, 1.165) is 30.6 Å². The second-order valence-corrected chi connectivity index (χ2v) is 13.3. The van der Waals surface area contributed by atoms with Gasteiger partial charge in [0, 0.05) is 11.6 Å². The van der Waals surface area contributed by atoms with Crippen molar-refractivity contribution >= 4 is 11.8 Å².